The fraction of sp³-hybridized carbons (Fsp3) is 0.421. The zero-order valence-electron chi connectivity index (χ0n) is 15.0. The van der Waals surface area contributed by atoms with Crippen LogP contribution in [-0.4, -0.2) is 53.0 Å². The minimum atomic E-state index is -0.332. The molecular weight excluding hydrogens is 421 g/mol. The molecule has 1 fully saturated rings. The Bertz CT molecular complexity index is 935. The molecule has 1 saturated heterocycles. The van der Waals surface area contributed by atoms with Gasteiger partial charge in [-0.1, -0.05) is 23.2 Å². The highest BCUT2D eigenvalue weighted by molar-refractivity contribution is 7.15. The molecule has 1 aromatic carbocycles. The molecule has 28 heavy (non-hydrogen) atoms. The van der Waals surface area contributed by atoms with E-state index in [-0.39, 0.29) is 36.7 Å². The lowest BCUT2D eigenvalue weighted by Crippen LogP contribution is -2.40. The highest BCUT2D eigenvalue weighted by atomic mass is 35.5. The summed E-state index contributed by atoms with van der Waals surface area (Å²) in [7, 11) is 0. The summed E-state index contributed by atoms with van der Waals surface area (Å²) in [4.78, 5) is 33.0. The van der Waals surface area contributed by atoms with Gasteiger partial charge >= 0.3 is 0 Å². The number of carbonyl (C=O) groups is 2. The molecule has 2 aromatic rings. The first-order valence-electron chi connectivity index (χ1n) is 9.01. The third kappa shape index (κ3) is 3.52. The monoisotopic (exact) mass is 439 g/mol. The summed E-state index contributed by atoms with van der Waals surface area (Å²) in [6.45, 7) is 1.47. The Hall–Kier alpha value is -1.67. The van der Waals surface area contributed by atoms with Crippen LogP contribution in [-0.2, 0) is 21.4 Å². The third-order valence-corrected chi connectivity index (χ3v) is 6.79. The summed E-state index contributed by atoms with van der Waals surface area (Å²) in [5.74, 6) is -0.114. The molecule has 1 unspecified atom stereocenters. The van der Waals surface area contributed by atoms with E-state index in [1.807, 2.05) is 12.1 Å². The minimum Gasteiger partial charge on any atom is -0.396 e. The number of amides is 2. The van der Waals surface area contributed by atoms with Crippen molar-refractivity contribution < 1.29 is 14.7 Å². The topological polar surface area (TPSA) is 73.7 Å². The molecule has 4 rings (SSSR count). The lowest BCUT2D eigenvalue weighted by atomic mass is 9.81. The molecule has 9 heteroatoms. The van der Waals surface area contributed by atoms with Gasteiger partial charge in [0.1, 0.15) is 9.34 Å². The maximum atomic E-state index is 13.0. The Morgan fingerprint density at radius 1 is 1.25 bits per heavy atom. The van der Waals surface area contributed by atoms with Gasteiger partial charge in [-0.05, 0) is 30.2 Å². The van der Waals surface area contributed by atoms with E-state index < -0.39 is 0 Å². The molecule has 0 aliphatic carbocycles. The van der Waals surface area contributed by atoms with Crippen LogP contribution in [0.3, 0.4) is 0 Å². The van der Waals surface area contributed by atoms with Gasteiger partial charge in [-0.3, -0.25) is 9.59 Å². The van der Waals surface area contributed by atoms with E-state index in [2.05, 4.69) is 4.98 Å². The molecule has 0 bridgehead atoms. The van der Waals surface area contributed by atoms with Crippen LogP contribution in [0.1, 0.15) is 23.4 Å². The van der Waals surface area contributed by atoms with Gasteiger partial charge in [-0.2, -0.15) is 0 Å². The smallest absolute Gasteiger partial charge is 0.233 e. The number of thiazole rings is 1. The second-order valence-electron chi connectivity index (χ2n) is 7.20. The van der Waals surface area contributed by atoms with Crippen molar-refractivity contribution >= 4 is 52.0 Å². The molecule has 3 heterocycles. The molecule has 0 saturated carbocycles. The van der Waals surface area contributed by atoms with E-state index in [4.69, 9.17) is 28.3 Å². The van der Waals surface area contributed by atoms with Gasteiger partial charge in [-0.25, -0.2) is 4.98 Å². The van der Waals surface area contributed by atoms with Crippen molar-refractivity contribution in [1.29, 1.82) is 0 Å². The maximum absolute atomic E-state index is 13.0. The van der Waals surface area contributed by atoms with Gasteiger partial charge in [-0.15, -0.1) is 11.3 Å². The summed E-state index contributed by atoms with van der Waals surface area (Å²) in [6, 6.07) is 5.56. The number of aliphatic hydroxyl groups excluding tert-OH is 1. The fourth-order valence-corrected chi connectivity index (χ4v) is 5.27. The second-order valence-corrected chi connectivity index (χ2v) is 9.38. The number of aliphatic hydroxyl groups is 1. The number of rotatable bonds is 4. The lowest BCUT2D eigenvalue weighted by Gasteiger charge is -2.25. The first-order chi connectivity index (χ1) is 13.4. The van der Waals surface area contributed by atoms with Crippen molar-refractivity contribution in [3.05, 3.63) is 44.3 Å². The standard InChI is InChI=1S/C19H19Cl2N3O3S/c20-12-1-2-14-13(7-12)19(4-5-23(10-19)17(26)3-6-25)11-24(14)18(27)8-16-22-9-15(21)28-16/h1-2,7,9,25H,3-6,8,10-11H2. The van der Waals surface area contributed by atoms with Crippen LogP contribution in [0, 0.1) is 0 Å². The van der Waals surface area contributed by atoms with Crippen molar-refractivity contribution in [3.8, 4) is 0 Å². The molecule has 1 aromatic heterocycles. The minimum absolute atomic E-state index is 0.0494. The Balaban J connectivity index is 1.62. The zero-order valence-corrected chi connectivity index (χ0v) is 17.4. The zero-order chi connectivity index (χ0) is 19.9. The molecule has 148 valence electrons. The highest BCUT2D eigenvalue weighted by Gasteiger charge is 2.49. The molecule has 0 radical (unpaired) electrons. The van der Waals surface area contributed by atoms with E-state index in [0.717, 1.165) is 17.7 Å². The number of likely N-dealkylation sites (tertiary alicyclic amines) is 1. The summed E-state index contributed by atoms with van der Waals surface area (Å²) >= 11 is 13.5. The Labute approximate surface area is 176 Å². The molecule has 2 aliphatic rings. The van der Waals surface area contributed by atoms with Crippen LogP contribution >= 0.6 is 34.5 Å². The third-order valence-electron chi connectivity index (χ3n) is 5.44. The number of halogens is 2. The summed E-state index contributed by atoms with van der Waals surface area (Å²) in [6.07, 6.45) is 2.61. The molecule has 2 aliphatic heterocycles. The molecule has 2 amide bonds. The van der Waals surface area contributed by atoms with Crippen molar-refractivity contribution in [3.63, 3.8) is 0 Å². The fourth-order valence-electron chi connectivity index (χ4n) is 4.15. The first-order valence-corrected chi connectivity index (χ1v) is 10.6. The molecule has 1 spiro atoms. The van der Waals surface area contributed by atoms with Crippen molar-refractivity contribution in [1.82, 2.24) is 9.88 Å². The lowest BCUT2D eigenvalue weighted by molar-refractivity contribution is -0.131. The number of fused-ring (bicyclic) bond motifs is 2. The predicted octanol–water partition coefficient (Wildman–Crippen LogP) is 2.89. The van der Waals surface area contributed by atoms with E-state index in [1.165, 1.54) is 11.3 Å². The van der Waals surface area contributed by atoms with E-state index >= 15 is 0 Å². The maximum Gasteiger partial charge on any atom is 0.233 e. The number of benzene rings is 1. The summed E-state index contributed by atoms with van der Waals surface area (Å²) < 4.78 is 0.557. The van der Waals surface area contributed by atoms with Crippen LogP contribution < -0.4 is 4.90 Å². The Morgan fingerprint density at radius 2 is 2.07 bits per heavy atom. The van der Waals surface area contributed by atoms with Crippen molar-refractivity contribution in [2.24, 2.45) is 0 Å². The molecule has 1 N–H and O–H groups in total. The van der Waals surface area contributed by atoms with Crippen LogP contribution in [0.15, 0.2) is 24.4 Å². The van der Waals surface area contributed by atoms with Gasteiger partial charge in [0.2, 0.25) is 11.8 Å². The molecule has 6 nitrogen and oxygen atoms in total. The largest absolute Gasteiger partial charge is 0.396 e. The Morgan fingerprint density at radius 3 is 2.79 bits per heavy atom. The van der Waals surface area contributed by atoms with E-state index in [1.54, 1.807) is 22.1 Å². The van der Waals surface area contributed by atoms with Crippen LogP contribution in [0.25, 0.3) is 0 Å². The number of aromatic nitrogens is 1. The van der Waals surface area contributed by atoms with E-state index in [0.29, 0.717) is 34.0 Å². The number of hydrogen-bond donors (Lipinski definition) is 1. The van der Waals surface area contributed by atoms with Gasteiger partial charge in [0.05, 0.1) is 19.2 Å². The average Bonchev–Trinajstić information content (AvgIpc) is 3.35. The first kappa shape index (κ1) is 19.6. The number of nitrogens with zero attached hydrogens (tertiary/aromatic N) is 3. The second kappa shape index (κ2) is 7.63. The SMILES string of the molecule is O=C(CCO)N1CCC2(C1)CN(C(=O)Cc1ncc(Cl)s1)c1ccc(Cl)cc12. The molecular formula is C19H19Cl2N3O3S. The summed E-state index contributed by atoms with van der Waals surface area (Å²) in [5.41, 5.74) is 1.51. The number of hydrogen-bond acceptors (Lipinski definition) is 5. The quantitative estimate of drug-likeness (QED) is 0.794. The molecule has 1 atom stereocenters. The Kier molecular flexibility index (Phi) is 5.35. The van der Waals surface area contributed by atoms with Gasteiger partial charge in [0.25, 0.3) is 0 Å². The predicted molar refractivity (Wildman–Crippen MR) is 109 cm³/mol. The van der Waals surface area contributed by atoms with E-state index in [9.17, 15) is 9.59 Å². The highest BCUT2D eigenvalue weighted by Crippen LogP contribution is 2.47. The van der Waals surface area contributed by atoms with Crippen LogP contribution in [0.4, 0.5) is 5.69 Å². The average molecular weight is 440 g/mol. The summed E-state index contributed by atoms with van der Waals surface area (Å²) in [5, 5.41) is 10.4. The van der Waals surface area contributed by atoms with Crippen LogP contribution in [0.5, 0.6) is 0 Å². The van der Waals surface area contributed by atoms with Crippen LogP contribution in [0.2, 0.25) is 9.36 Å². The normalized spacial score (nSPS) is 20.8. The number of carbonyl (C=O) groups excluding carboxylic acids is 2. The van der Waals surface area contributed by atoms with Gasteiger partial charge in [0, 0.05) is 42.2 Å². The van der Waals surface area contributed by atoms with Gasteiger partial charge < -0.3 is 14.9 Å². The van der Waals surface area contributed by atoms with Crippen molar-refractivity contribution in [2.75, 3.05) is 31.1 Å². The van der Waals surface area contributed by atoms with Crippen molar-refractivity contribution in [2.45, 2.75) is 24.7 Å². The number of anilines is 1. The van der Waals surface area contributed by atoms with Gasteiger partial charge in [0.15, 0.2) is 0 Å².